The minimum Gasteiger partial charge on any atom is -0.493 e. The van der Waals surface area contributed by atoms with Gasteiger partial charge in [0.25, 0.3) is 0 Å². The molecule has 1 aliphatic rings. The molecule has 0 spiro atoms. The highest BCUT2D eigenvalue weighted by Gasteiger charge is 2.27. The second-order valence-corrected chi connectivity index (χ2v) is 5.13. The van der Waals surface area contributed by atoms with Crippen molar-refractivity contribution in [1.29, 1.82) is 0 Å². The van der Waals surface area contributed by atoms with Crippen molar-refractivity contribution in [3.05, 3.63) is 71.3 Å². The van der Waals surface area contributed by atoms with Crippen molar-refractivity contribution in [2.24, 2.45) is 5.16 Å². The summed E-state index contributed by atoms with van der Waals surface area (Å²) in [4.78, 5) is 16.9. The van der Waals surface area contributed by atoms with E-state index in [4.69, 9.17) is 9.57 Å². The Morgan fingerprint density at radius 3 is 2.61 bits per heavy atom. The normalized spacial score (nSPS) is 15.4. The number of nitrogens with zero attached hydrogens (tertiary/aromatic N) is 1. The minimum atomic E-state index is -0.450. The first-order valence-electron chi connectivity index (χ1n) is 7.58. The number of hydrogen-bond donors (Lipinski definition) is 0. The molecule has 1 heterocycles. The van der Waals surface area contributed by atoms with Gasteiger partial charge in [0.1, 0.15) is 11.5 Å². The van der Waals surface area contributed by atoms with Crippen LogP contribution < -0.4 is 4.74 Å². The van der Waals surface area contributed by atoms with Gasteiger partial charge in [-0.05, 0) is 18.6 Å². The van der Waals surface area contributed by atoms with E-state index in [0.717, 1.165) is 23.3 Å². The van der Waals surface area contributed by atoms with Crippen molar-refractivity contribution in [2.45, 2.75) is 13.3 Å². The topological polar surface area (TPSA) is 47.9 Å². The smallest absolute Gasteiger partial charge is 0.368 e. The molecule has 116 valence electrons. The molecule has 1 aliphatic heterocycles. The third-order valence-corrected chi connectivity index (χ3v) is 3.42. The zero-order valence-electron chi connectivity index (χ0n) is 12.9. The molecule has 0 aliphatic carbocycles. The Kier molecular flexibility index (Phi) is 4.52. The number of oxime groups is 1. The monoisotopic (exact) mass is 307 g/mol. The largest absolute Gasteiger partial charge is 0.493 e. The average Bonchev–Trinajstić information content (AvgIpc) is 2.96. The van der Waals surface area contributed by atoms with E-state index in [9.17, 15) is 4.79 Å². The van der Waals surface area contributed by atoms with E-state index in [0.29, 0.717) is 17.9 Å². The van der Waals surface area contributed by atoms with E-state index in [-0.39, 0.29) is 0 Å². The number of ether oxygens (including phenoxy) is 1. The van der Waals surface area contributed by atoms with Gasteiger partial charge in [-0.25, -0.2) is 4.79 Å². The summed E-state index contributed by atoms with van der Waals surface area (Å²) >= 11 is 0. The van der Waals surface area contributed by atoms with Crippen molar-refractivity contribution >= 4 is 17.8 Å². The van der Waals surface area contributed by atoms with Crippen LogP contribution in [0.3, 0.4) is 0 Å². The van der Waals surface area contributed by atoms with E-state index < -0.39 is 5.97 Å². The fraction of sp³-hybridized carbons (Fsp3) is 0.158. The van der Waals surface area contributed by atoms with Crippen LogP contribution in [0.25, 0.3) is 6.08 Å². The van der Waals surface area contributed by atoms with Gasteiger partial charge < -0.3 is 9.57 Å². The second-order valence-electron chi connectivity index (χ2n) is 5.13. The number of para-hydroxylation sites is 1. The van der Waals surface area contributed by atoms with Crippen LogP contribution in [-0.2, 0) is 9.63 Å². The molecule has 4 heteroatoms. The van der Waals surface area contributed by atoms with Crippen molar-refractivity contribution in [2.75, 3.05) is 6.61 Å². The van der Waals surface area contributed by atoms with Gasteiger partial charge in [0.15, 0.2) is 0 Å². The fourth-order valence-corrected chi connectivity index (χ4v) is 2.31. The van der Waals surface area contributed by atoms with E-state index in [1.165, 1.54) is 0 Å². The molecule has 0 saturated carbocycles. The van der Waals surface area contributed by atoms with Crippen LogP contribution in [0.15, 0.2) is 65.3 Å². The summed E-state index contributed by atoms with van der Waals surface area (Å²) in [5.41, 5.74) is 2.65. The zero-order chi connectivity index (χ0) is 16.1. The van der Waals surface area contributed by atoms with Crippen LogP contribution in [0.4, 0.5) is 0 Å². The summed E-state index contributed by atoms with van der Waals surface area (Å²) in [6.07, 6.45) is 2.69. The quantitative estimate of drug-likeness (QED) is 0.623. The van der Waals surface area contributed by atoms with Crippen LogP contribution in [0.5, 0.6) is 5.75 Å². The van der Waals surface area contributed by atoms with E-state index in [1.807, 2.05) is 54.6 Å². The van der Waals surface area contributed by atoms with Gasteiger partial charge in [0, 0.05) is 11.1 Å². The van der Waals surface area contributed by atoms with Gasteiger partial charge in [-0.15, -0.1) is 0 Å². The van der Waals surface area contributed by atoms with Gasteiger partial charge in [0.2, 0.25) is 0 Å². The van der Waals surface area contributed by atoms with E-state index in [1.54, 1.807) is 6.08 Å². The first-order chi connectivity index (χ1) is 11.3. The lowest BCUT2D eigenvalue weighted by Crippen LogP contribution is -2.07. The number of rotatable bonds is 5. The average molecular weight is 307 g/mol. The minimum absolute atomic E-state index is 0.434. The first-order valence-corrected chi connectivity index (χ1v) is 7.58. The highest BCUT2D eigenvalue weighted by Crippen LogP contribution is 2.25. The molecule has 3 rings (SSSR count). The Morgan fingerprint density at radius 1 is 1.09 bits per heavy atom. The molecule has 0 atom stereocenters. The van der Waals surface area contributed by atoms with Crippen LogP contribution in [0, 0.1) is 0 Å². The summed E-state index contributed by atoms with van der Waals surface area (Å²) < 4.78 is 5.74. The molecule has 0 fully saturated rings. The molecule has 4 nitrogen and oxygen atoms in total. The summed E-state index contributed by atoms with van der Waals surface area (Å²) in [7, 11) is 0. The van der Waals surface area contributed by atoms with Crippen LogP contribution in [0.2, 0.25) is 0 Å². The number of carbonyl (C=O) groups is 1. The van der Waals surface area contributed by atoms with Gasteiger partial charge in [-0.1, -0.05) is 60.6 Å². The van der Waals surface area contributed by atoms with Crippen LogP contribution >= 0.6 is 0 Å². The van der Waals surface area contributed by atoms with Gasteiger partial charge in [-0.2, -0.15) is 0 Å². The van der Waals surface area contributed by atoms with Crippen molar-refractivity contribution in [3.8, 4) is 5.75 Å². The molecule has 0 unspecified atom stereocenters. The maximum absolute atomic E-state index is 12.0. The van der Waals surface area contributed by atoms with Crippen LogP contribution in [0.1, 0.15) is 24.5 Å². The van der Waals surface area contributed by atoms with Gasteiger partial charge >= 0.3 is 5.97 Å². The Bertz CT molecular complexity index is 763. The van der Waals surface area contributed by atoms with Crippen molar-refractivity contribution in [3.63, 3.8) is 0 Å². The predicted molar refractivity (Wildman–Crippen MR) is 89.3 cm³/mol. The maximum atomic E-state index is 12.0. The molecule has 0 radical (unpaired) electrons. The second kappa shape index (κ2) is 6.92. The molecule has 0 N–H and O–H groups in total. The van der Waals surface area contributed by atoms with Gasteiger partial charge in [0.05, 0.1) is 12.2 Å². The molecule has 23 heavy (non-hydrogen) atoms. The third-order valence-electron chi connectivity index (χ3n) is 3.42. The summed E-state index contributed by atoms with van der Waals surface area (Å²) in [6.45, 7) is 2.68. The highest BCUT2D eigenvalue weighted by molar-refractivity contribution is 6.31. The molecule has 0 aromatic heterocycles. The Labute approximate surface area is 135 Å². The number of carbonyl (C=O) groups excluding carboxylic acids is 1. The molecular formula is C19H17NO3. The summed E-state index contributed by atoms with van der Waals surface area (Å²) in [5.74, 6) is 0.295. The molecule has 0 bridgehead atoms. The fourth-order valence-electron chi connectivity index (χ4n) is 2.31. The summed E-state index contributed by atoms with van der Waals surface area (Å²) in [5, 5.41) is 3.91. The molecule has 0 amide bonds. The Hall–Kier alpha value is -2.88. The lowest BCUT2D eigenvalue weighted by Gasteiger charge is -2.08. The Morgan fingerprint density at radius 2 is 1.83 bits per heavy atom. The lowest BCUT2D eigenvalue weighted by atomic mass is 10.0. The maximum Gasteiger partial charge on any atom is 0.368 e. The first kappa shape index (κ1) is 15.0. The summed E-state index contributed by atoms with van der Waals surface area (Å²) in [6, 6.07) is 17.1. The molecule has 2 aromatic carbocycles. The third kappa shape index (κ3) is 3.31. The zero-order valence-corrected chi connectivity index (χ0v) is 12.9. The van der Waals surface area contributed by atoms with Gasteiger partial charge in [-0.3, -0.25) is 0 Å². The lowest BCUT2D eigenvalue weighted by molar-refractivity contribution is -0.136. The standard InChI is InChI=1S/C19H17NO3/c1-2-12-22-17-11-7-6-10-15(17)13-16-18(20-23-19(16)21)14-8-4-3-5-9-14/h3-11,13H,2,12H2,1H3/b16-13-. The van der Waals surface area contributed by atoms with Crippen LogP contribution in [-0.4, -0.2) is 18.3 Å². The van der Waals surface area contributed by atoms with E-state index in [2.05, 4.69) is 12.1 Å². The van der Waals surface area contributed by atoms with E-state index >= 15 is 0 Å². The SMILES string of the molecule is CCCOc1ccccc1/C=C1\C(=O)ON=C1c1ccccc1. The number of benzene rings is 2. The molecule has 2 aromatic rings. The van der Waals surface area contributed by atoms with Crippen molar-refractivity contribution in [1.82, 2.24) is 0 Å². The number of hydrogen-bond acceptors (Lipinski definition) is 4. The predicted octanol–water partition coefficient (Wildman–Crippen LogP) is 3.82. The molecule has 0 saturated heterocycles. The molecular weight excluding hydrogens is 290 g/mol. The highest BCUT2D eigenvalue weighted by atomic mass is 16.7. The Balaban J connectivity index is 1.98. The van der Waals surface area contributed by atoms with Crippen molar-refractivity contribution < 1.29 is 14.4 Å².